The summed E-state index contributed by atoms with van der Waals surface area (Å²) in [5, 5.41) is 18.7. The summed E-state index contributed by atoms with van der Waals surface area (Å²) >= 11 is 0. The fourth-order valence-corrected chi connectivity index (χ4v) is 0.539. The van der Waals surface area contributed by atoms with E-state index in [2.05, 4.69) is 0 Å². The molecular weight excluding hydrogens is 134 g/mol. The van der Waals surface area contributed by atoms with Crippen molar-refractivity contribution in [1.82, 2.24) is 0 Å². The van der Waals surface area contributed by atoms with Crippen LogP contribution >= 0.6 is 0 Å². The van der Waals surface area contributed by atoms with Gasteiger partial charge in [0.05, 0.1) is 12.1 Å². The molecule has 0 rings (SSSR count). The number of hydrogen-bond acceptors (Lipinski definition) is 4. The summed E-state index contributed by atoms with van der Waals surface area (Å²) in [7, 11) is 0. The van der Waals surface area contributed by atoms with E-state index in [0.29, 0.717) is 6.42 Å². The number of carboxylic acid groups (broad SMARTS) is 1. The minimum atomic E-state index is -1.26. The summed E-state index contributed by atoms with van der Waals surface area (Å²) in [4.78, 5) is 9.99. The van der Waals surface area contributed by atoms with Gasteiger partial charge in [-0.15, -0.1) is 0 Å². The van der Waals surface area contributed by atoms with Crippen LogP contribution in [0.4, 0.5) is 0 Å². The summed E-state index contributed by atoms with van der Waals surface area (Å²) in [5.74, 6) is -1.26. The average molecular weight is 146 g/mol. The molecule has 10 heavy (non-hydrogen) atoms. The minimum Gasteiger partial charge on any atom is -0.548 e. The van der Waals surface area contributed by atoms with Crippen LogP contribution in [0.5, 0.6) is 0 Å². The van der Waals surface area contributed by atoms with Crippen molar-refractivity contribution >= 4 is 5.97 Å². The molecular formula is C6H12NO3-. The molecule has 0 fully saturated rings. The highest BCUT2D eigenvalue weighted by atomic mass is 16.4. The highest BCUT2D eigenvalue weighted by Crippen LogP contribution is 1.97. The summed E-state index contributed by atoms with van der Waals surface area (Å²) < 4.78 is 0. The lowest BCUT2D eigenvalue weighted by molar-refractivity contribution is -0.307. The Morgan fingerprint density at radius 3 is 2.50 bits per heavy atom. The van der Waals surface area contributed by atoms with Gasteiger partial charge in [-0.25, -0.2) is 0 Å². The van der Waals surface area contributed by atoms with Gasteiger partial charge in [0.2, 0.25) is 0 Å². The second kappa shape index (κ2) is 4.24. The van der Waals surface area contributed by atoms with E-state index in [1.807, 2.05) is 0 Å². The van der Waals surface area contributed by atoms with Gasteiger partial charge in [-0.05, 0) is 19.8 Å². The largest absolute Gasteiger partial charge is 0.548 e. The van der Waals surface area contributed by atoms with Gasteiger partial charge in [0.1, 0.15) is 0 Å². The lowest BCUT2D eigenvalue weighted by Crippen LogP contribution is -2.42. The number of nitrogens with two attached hydrogens (primary N) is 1. The van der Waals surface area contributed by atoms with Crippen LogP contribution < -0.4 is 10.8 Å². The summed E-state index contributed by atoms with van der Waals surface area (Å²) in [6.07, 6.45) is 0.167. The molecule has 0 aromatic carbocycles. The number of carboxylic acids is 1. The van der Waals surface area contributed by atoms with Gasteiger partial charge in [-0.3, -0.25) is 0 Å². The van der Waals surface area contributed by atoms with Crippen LogP contribution in [0.25, 0.3) is 0 Å². The summed E-state index contributed by atoms with van der Waals surface area (Å²) in [6, 6.07) is -0.949. The standard InChI is InChI=1S/C6H13NO3/c1-4(8)2-3-5(7)6(9)10/h4-5,8H,2-3,7H2,1H3,(H,9,10)/p-1/t4?,5-/m0/s1. The number of carbonyl (C=O) groups is 1. The monoisotopic (exact) mass is 146 g/mol. The number of carbonyl (C=O) groups excluding carboxylic acids is 1. The van der Waals surface area contributed by atoms with Crippen LogP contribution in [0.2, 0.25) is 0 Å². The van der Waals surface area contributed by atoms with E-state index in [4.69, 9.17) is 10.8 Å². The topological polar surface area (TPSA) is 86.4 Å². The molecule has 0 aliphatic heterocycles. The lowest BCUT2D eigenvalue weighted by atomic mass is 10.1. The predicted octanol–water partition coefficient (Wildman–Crippen LogP) is -1.78. The Balaban J connectivity index is 3.40. The van der Waals surface area contributed by atoms with E-state index in [1.54, 1.807) is 6.92 Å². The van der Waals surface area contributed by atoms with E-state index >= 15 is 0 Å². The van der Waals surface area contributed by atoms with Crippen LogP contribution in [0.1, 0.15) is 19.8 Å². The van der Waals surface area contributed by atoms with Gasteiger partial charge in [-0.2, -0.15) is 0 Å². The highest BCUT2D eigenvalue weighted by molar-refractivity contribution is 5.70. The van der Waals surface area contributed by atoms with Crippen LogP contribution in [-0.2, 0) is 4.79 Å². The van der Waals surface area contributed by atoms with Gasteiger partial charge < -0.3 is 20.7 Å². The first-order chi connectivity index (χ1) is 4.54. The van der Waals surface area contributed by atoms with Crippen molar-refractivity contribution < 1.29 is 15.0 Å². The Kier molecular flexibility index (Phi) is 3.99. The molecule has 4 heteroatoms. The molecule has 0 saturated carbocycles. The van der Waals surface area contributed by atoms with E-state index in [1.165, 1.54) is 0 Å². The Labute approximate surface area is 59.7 Å². The maximum atomic E-state index is 9.99. The molecule has 0 aromatic rings. The molecule has 1 unspecified atom stereocenters. The summed E-state index contributed by atoms with van der Waals surface area (Å²) in [6.45, 7) is 1.59. The van der Waals surface area contributed by atoms with Crippen molar-refractivity contribution in [2.24, 2.45) is 5.73 Å². The van der Waals surface area contributed by atoms with Gasteiger partial charge in [0.15, 0.2) is 0 Å². The average Bonchev–Trinajstić information content (AvgIpc) is 1.82. The first-order valence-electron chi connectivity index (χ1n) is 3.18. The smallest absolute Gasteiger partial charge is 0.0582 e. The molecule has 60 valence electrons. The van der Waals surface area contributed by atoms with Crippen LogP contribution in [0.3, 0.4) is 0 Å². The molecule has 0 amide bonds. The molecule has 0 saturated heterocycles. The Morgan fingerprint density at radius 2 is 2.20 bits per heavy atom. The van der Waals surface area contributed by atoms with Crippen LogP contribution in [0.15, 0.2) is 0 Å². The van der Waals surface area contributed by atoms with Crippen molar-refractivity contribution in [3.05, 3.63) is 0 Å². The molecule has 0 heterocycles. The zero-order valence-electron chi connectivity index (χ0n) is 5.91. The second-order valence-electron chi connectivity index (χ2n) is 2.35. The van der Waals surface area contributed by atoms with Crippen molar-refractivity contribution in [3.8, 4) is 0 Å². The molecule has 0 aliphatic rings. The number of hydrogen-bond donors (Lipinski definition) is 2. The lowest BCUT2D eigenvalue weighted by Gasteiger charge is -2.12. The number of aliphatic carboxylic acids is 1. The number of aliphatic hydroxyl groups is 1. The third kappa shape index (κ3) is 4.29. The maximum Gasteiger partial charge on any atom is 0.0582 e. The molecule has 2 atom stereocenters. The van der Waals surface area contributed by atoms with E-state index in [-0.39, 0.29) is 6.42 Å². The molecule has 0 bridgehead atoms. The first-order valence-corrected chi connectivity index (χ1v) is 3.18. The SMILES string of the molecule is CC(O)CC[C@H](N)C(=O)[O-]. The Bertz CT molecular complexity index is 114. The van der Waals surface area contributed by atoms with Crippen LogP contribution in [-0.4, -0.2) is 23.2 Å². The zero-order chi connectivity index (χ0) is 8.15. The number of aliphatic hydroxyl groups excluding tert-OH is 1. The van der Waals surface area contributed by atoms with Gasteiger partial charge in [0.25, 0.3) is 0 Å². The maximum absolute atomic E-state index is 9.99. The predicted molar refractivity (Wildman–Crippen MR) is 33.9 cm³/mol. The van der Waals surface area contributed by atoms with Crippen LogP contribution in [0, 0.1) is 0 Å². The first kappa shape index (κ1) is 9.39. The zero-order valence-corrected chi connectivity index (χ0v) is 5.91. The van der Waals surface area contributed by atoms with Crippen molar-refractivity contribution in [3.63, 3.8) is 0 Å². The normalized spacial score (nSPS) is 16.3. The molecule has 0 aromatic heterocycles. The minimum absolute atomic E-state index is 0.264. The third-order valence-electron chi connectivity index (χ3n) is 1.20. The van der Waals surface area contributed by atoms with Gasteiger partial charge in [0, 0.05) is 6.04 Å². The van der Waals surface area contributed by atoms with E-state index in [9.17, 15) is 9.90 Å². The van der Waals surface area contributed by atoms with E-state index < -0.39 is 18.1 Å². The summed E-state index contributed by atoms with van der Waals surface area (Å²) in [5.41, 5.74) is 5.09. The quantitative estimate of drug-likeness (QED) is 0.491. The molecule has 0 spiro atoms. The number of rotatable bonds is 4. The van der Waals surface area contributed by atoms with Crippen molar-refractivity contribution in [2.75, 3.05) is 0 Å². The molecule has 0 aliphatic carbocycles. The molecule has 3 N–H and O–H groups in total. The second-order valence-corrected chi connectivity index (χ2v) is 2.35. The van der Waals surface area contributed by atoms with Gasteiger partial charge in [-0.1, -0.05) is 0 Å². The molecule has 4 nitrogen and oxygen atoms in total. The fraction of sp³-hybridized carbons (Fsp3) is 0.833. The molecule has 0 radical (unpaired) electrons. The van der Waals surface area contributed by atoms with Crippen molar-refractivity contribution in [2.45, 2.75) is 31.9 Å². The third-order valence-corrected chi connectivity index (χ3v) is 1.20. The fourth-order valence-electron chi connectivity index (χ4n) is 0.539. The Hall–Kier alpha value is -0.610. The van der Waals surface area contributed by atoms with Crippen molar-refractivity contribution in [1.29, 1.82) is 0 Å². The Morgan fingerprint density at radius 1 is 1.70 bits per heavy atom. The van der Waals surface area contributed by atoms with E-state index in [0.717, 1.165) is 0 Å². The highest BCUT2D eigenvalue weighted by Gasteiger charge is 2.04. The van der Waals surface area contributed by atoms with Gasteiger partial charge >= 0.3 is 0 Å².